The Bertz CT molecular complexity index is 317. The third-order valence-electron chi connectivity index (χ3n) is 1.59. The number of nitrogens with one attached hydrogen (secondary N) is 1. The Balaban J connectivity index is 2.47. The van der Waals surface area contributed by atoms with Crippen LogP contribution in [0.3, 0.4) is 0 Å². The van der Waals surface area contributed by atoms with Gasteiger partial charge in [0.2, 0.25) is 5.91 Å². The van der Waals surface area contributed by atoms with E-state index in [2.05, 4.69) is 10.3 Å². The average molecular weight is 214 g/mol. The SMILES string of the molecule is NCCCC(=O)Nc1cccc(Cl)n1. The van der Waals surface area contributed by atoms with Gasteiger partial charge in [0, 0.05) is 6.42 Å². The third kappa shape index (κ3) is 3.72. The molecule has 1 rings (SSSR count). The Labute approximate surface area is 87.5 Å². The van der Waals surface area contributed by atoms with Crippen molar-refractivity contribution in [3.05, 3.63) is 23.4 Å². The highest BCUT2D eigenvalue weighted by Gasteiger charge is 2.02. The number of carbonyl (C=O) groups is 1. The molecule has 0 bridgehead atoms. The molecule has 0 saturated heterocycles. The highest BCUT2D eigenvalue weighted by atomic mass is 35.5. The molecular formula is C9H12ClN3O. The molecule has 0 aliphatic carbocycles. The second kappa shape index (κ2) is 5.57. The second-order valence-corrected chi connectivity index (χ2v) is 3.17. The standard InChI is InChI=1S/C9H12ClN3O/c10-7-3-1-4-8(12-7)13-9(14)5-2-6-11/h1,3-4H,2,5-6,11H2,(H,12,13,14). The molecule has 5 heteroatoms. The van der Waals surface area contributed by atoms with E-state index in [-0.39, 0.29) is 5.91 Å². The number of aromatic nitrogens is 1. The van der Waals surface area contributed by atoms with Crippen LogP contribution in [0.5, 0.6) is 0 Å². The number of halogens is 1. The molecule has 4 nitrogen and oxygen atoms in total. The molecule has 0 aliphatic rings. The zero-order valence-corrected chi connectivity index (χ0v) is 8.42. The van der Waals surface area contributed by atoms with Gasteiger partial charge >= 0.3 is 0 Å². The van der Waals surface area contributed by atoms with E-state index in [0.29, 0.717) is 30.4 Å². The van der Waals surface area contributed by atoms with Crippen LogP contribution in [-0.2, 0) is 4.79 Å². The van der Waals surface area contributed by atoms with Crippen LogP contribution < -0.4 is 11.1 Å². The maximum absolute atomic E-state index is 11.2. The largest absolute Gasteiger partial charge is 0.330 e. The quantitative estimate of drug-likeness (QED) is 0.744. The van der Waals surface area contributed by atoms with Gasteiger partial charge < -0.3 is 11.1 Å². The number of anilines is 1. The van der Waals surface area contributed by atoms with Gasteiger partial charge in [-0.25, -0.2) is 4.98 Å². The molecule has 1 amide bonds. The summed E-state index contributed by atoms with van der Waals surface area (Å²) >= 11 is 5.65. The lowest BCUT2D eigenvalue weighted by atomic mass is 10.3. The Morgan fingerprint density at radius 1 is 1.57 bits per heavy atom. The third-order valence-corrected chi connectivity index (χ3v) is 1.80. The fraction of sp³-hybridized carbons (Fsp3) is 0.333. The summed E-state index contributed by atoms with van der Waals surface area (Å²) in [5.74, 6) is 0.379. The molecule has 0 unspecified atom stereocenters. The molecule has 1 aromatic rings. The van der Waals surface area contributed by atoms with Crippen molar-refractivity contribution in [3.63, 3.8) is 0 Å². The normalized spacial score (nSPS) is 9.86. The van der Waals surface area contributed by atoms with Gasteiger partial charge in [0.1, 0.15) is 11.0 Å². The molecule has 0 aliphatic heterocycles. The van der Waals surface area contributed by atoms with Gasteiger partial charge in [-0.2, -0.15) is 0 Å². The maximum Gasteiger partial charge on any atom is 0.225 e. The lowest BCUT2D eigenvalue weighted by molar-refractivity contribution is -0.116. The highest BCUT2D eigenvalue weighted by molar-refractivity contribution is 6.29. The number of carbonyl (C=O) groups excluding carboxylic acids is 1. The van der Waals surface area contributed by atoms with Crippen LogP contribution in [0.1, 0.15) is 12.8 Å². The summed E-state index contributed by atoms with van der Waals surface area (Å²) in [5.41, 5.74) is 5.28. The van der Waals surface area contributed by atoms with Gasteiger partial charge in [-0.15, -0.1) is 0 Å². The Morgan fingerprint density at radius 2 is 2.36 bits per heavy atom. The van der Waals surface area contributed by atoms with Gasteiger partial charge in [-0.1, -0.05) is 17.7 Å². The van der Waals surface area contributed by atoms with E-state index in [9.17, 15) is 4.79 Å². The summed E-state index contributed by atoms with van der Waals surface area (Å²) in [4.78, 5) is 15.2. The lowest BCUT2D eigenvalue weighted by Crippen LogP contribution is -2.14. The number of nitrogens with zero attached hydrogens (tertiary/aromatic N) is 1. The summed E-state index contributed by atoms with van der Waals surface area (Å²) in [6.45, 7) is 0.510. The van der Waals surface area contributed by atoms with E-state index in [1.807, 2.05) is 0 Å². The Kier molecular flexibility index (Phi) is 4.35. The molecule has 3 N–H and O–H groups in total. The smallest absolute Gasteiger partial charge is 0.225 e. The van der Waals surface area contributed by atoms with Crippen LogP contribution >= 0.6 is 11.6 Å². The molecule has 76 valence electrons. The highest BCUT2D eigenvalue weighted by Crippen LogP contribution is 2.09. The van der Waals surface area contributed by atoms with Crippen LogP contribution in [0.2, 0.25) is 5.15 Å². The molecule has 0 saturated carbocycles. The van der Waals surface area contributed by atoms with E-state index >= 15 is 0 Å². The van der Waals surface area contributed by atoms with E-state index in [1.54, 1.807) is 18.2 Å². The summed E-state index contributed by atoms with van der Waals surface area (Å²) in [5, 5.41) is 2.99. The Hall–Kier alpha value is -1.13. The minimum absolute atomic E-state index is 0.0924. The predicted octanol–water partition coefficient (Wildman–Crippen LogP) is 1.41. The number of hydrogen-bond acceptors (Lipinski definition) is 3. The van der Waals surface area contributed by atoms with Crippen LogP contribution in [-0.4, -0.2) is 17.4 Å². The van der Waals surface area contributed by atoms with Crippen molar-refractivity contribution in [1.29, 1.82) is 0 Å². The minimum Gasteiger partial charge on any atom is -0.330 e. The fourth-order valence-corrected chi connectivity index (χ4v) is 1.11. The lowest BCUT2D eigenvalue weighted by Gasteiger charge is -2.03. The first-order valence-electron chi connectivity index (χ1n) is 4.35. The first-order valence-corrected chi connectivity index (χ1v) is 4.72. The van der Waals surface area contributed by atoms with Crippen LogP contribution in [0.25, 0.3) is 0 Å². The summed E-state index contributed by atoms with van der Waals surface area (Å²) < 4.78 is 0. The minimum atomic E-state index is -0.0924. The van der Waals surface area contributed by atoms with Gasteiger partial charge in [0.25, 0.3) is 0 Å². The summed E-state index contributed by atoms with van der Waals surface area (Å²) in [6, 6.07) is 5.07. The molecule has 0 fully saturated rings. The molecule has 0 radical (unpaired) electrons. The molecule has 0 atom stereocenters. The van der Waals surface area contributed by atoms with Crippen molar-refractivity contribution < 1.29 is 4.79 Å². The maximum atomic E-state index is 11.2. The molecule has 1 heterocycles. The van der Waals surface area contributed by atoms with E-state index in [0.717, 1.165) is 0 Å². The zero-order chi connectivity index (χ0) is 10.4. The second-order valence-electron chi connectivity index (χ2n) is 2.79. The zero-order valence-electron chi connectivity index (χ0n) is 7.66. The van der Waals surface area contributed by atoms with Crippen LogP contribution in [0.4, 0.5) is 5.82 Å². The fourth-order valence-electron chi connectivity index (χ4n) is 0.946. The predicted molar refractivity (Wildman–Crippen MR) is 56.2 cm³/mol. The van der Waals surface area contributed by atoms with Gasteiger partial charge in [-0.3, -0.25) is 4.79 Å². The first kappa shape index (κ1) is 10.9. The number of amides is 1. The van der Waals surface area contributed by atoms with Crippen LogP contribution in [0, 0.1) is 0 Å². The van der Waals surface area contributed by atoms with Crippen molar-refractivity contribution in [3.8, 4) is 0 Å². The van der Waals surface area contributed by atoms with Gasteiger partial charge in [0.15, 0.2) is 0 Å². The summed E-state index contributed by atoms with van der Waals surface area (Å²) in [7, 11) is 0. The molecule has 0 spiro atoms. The molecule has 1 aromatic heterocycles. The van der Waals surface area contributed by atoms with E-state index in [1.165, 1.54) is 0 Å². The van der Waals surface area contributed by atoms with Crippen molar-refractivity contribution in [2.24, 2.45) is 5.73 Å². The van der Waals surface area contributed by atoms with E-state index in [4.69, 9.17) is 17.3 Å². The van der Waals surface area contributed by atoms with Crippen molar-refractivity contribution in [1.82, 2.24) is 4.98 Å². The van der Waals surface area contributed by atoms with Gasteiger partial charge in [-0.05, 0) is 25.1 Å². The average Bonchev–Trinajstić information content (AvgIpc) is 2.15. The van der Waals surface area contributed by atoms with Crippen molar-refractivity contribution in [2.45, 2.75) is 12.8 Å². The van der Waals surface area contributed by atoms with Crippen LogP contribution in [0.15, 0.2) is 18.2 Å². The topological polar surface area (TPSA) is 68.0 Å². The van der Waals surface area contributed by atoms with Crippen molar-refractivity contribution in [2.75, 3.05) is 11.9 Å². The molecule has 0 aromatic carbocycles. The number of rotatable bonds is 4. The molecule has 14 heavy (non-hydrogen) atoms. The van der Waals surface area contributed by atoms with Crippen molar-refractivity contribution >= 4 is 23.3 Å². The number of nitrogens with two attached hydrogens (primary N) is 1. The Morgan fingerprint density at radius 3 is 3.00 bits per heavy atom. The van der Waals surface area contributed by atoms with E-state index < -0.39 is 0 Å². The molecular weight excluding hydrogens is 202 g/mol. The summed E-state index contributed by atoms with van der Waals surface area (Å²) in [6.07, 6.45) is 1.08. The number of hydrogen-bond donors (Lipinski definition) is 2. The number of pyridine rings is 1. The van der Waals surface area contributed by atoms with Gasteiger partial charge in [0.05, 0.1) is 0 Å². The first-order chi connectivity index (χ1) is 6.72. The monoisotopic (exact) mass is 213 g/mol.